The molecule has 236 valence electrons. The monoisotopic (exact) mass is 612 g/mol. The third kappa shape index (κ3) is 5.32. The van der Waals surface area contributed by atoms with Crippen LogP contribution in [0.3, 0.4) is 0 Å². The summed E-state index contributed by atoms with van der Waals surface area (Å²) in [5.74, 6) is -0.0956. The quantitative estimate of drug-likeness (QED) is 0.116. The minimum absolute atomic E-state index is 0.183. The van der Waals surface area contributed by atoms with Gasteiger partial charge in [0.25, 0.3) is 5.69 Å². The number of esters is 1. The van der Waals surface area contributed by atoms with Crippen molar-refractivity contribution in [2.45, 2.75) is 84.7 Å². The summed E-state index contributed by atoms with van der Waals surface area (Å²) >= 11 is 0. The molecule has 2 aromatic heterocycles. The maximum Gasteiger partial charge on any atom is 0.403 e. The maximum atomic E-state index is 12.8. The number of hydrogen-bond donors (Lipinski definition) is 0. The lowest BCUT2D eigenvalue weighted by Gasteiger charge is -2.45. The molecule has 0 radical (unpaired) electrons. The smallest absolute Gasteiger partial charge is 0.403 e. The summed E-state index contributed by atoms with van der Waals surface area (Å²) in [4.78, 5) is 12.8. The fourth-order valence-corrected chi connectivity index (χ4v) is 8.39. The summed E-state index contributed by atoms with van der Waals surface area (Å²) in [7, 11) is 1.46. The Morgan fingerprint density at radius 3 is 2.37 bits per heavy atom. The van der Waals surface area contributed by atoms with Crippen LogP contribution >= 0.6 is 0 Å². The number of methoxy groups -OCH3 is 1. The molecule has 0 N–H and O–H groups in total. The van der Waals surface area contributed by atoms with Crippen LogP contribution in [0, 0.1) is 12.8 Å². The van der Waals surface area contributed by atoms with Gasteiger partial charge in [-0.2, -0.15) is 9.13 Å². The van der Waals surface area contributed by atoms with E-state index < -0.39 is 0 Å². The predicted molar refractivity (Wildman–Crippen MR) is 187 cm³/mol. The molecule has 4 nitrogen and oxygen atoms in total. The SMILES string of the molecule is CCCCc1ccc(-c2ccc3c(c2)-c2c(C)cc4ccccc4[n+]2C(CC)C3(CC)C(C)C[n+]2ccccc2C(=O)OC)cc1. The van der Waals surface area contributed by atoms with Gasteiger partial charge in [0.05, 0.1) is 18.1 Å². The molecule has 1 aliphatic rings. The number of nitrogens with zero attached hydrogens (tertiary/aromatic N) is 2. The van der Waals surface area contributed by atoms with Crippen LogP contribution in [0.25, 0.3) is 33.3 Å². The number of aromatic nitrogens is 2. The van der Waals surface area contributed by atoms with Gasteiger partial charge in [0, 0.05) is 41.5 Å². The van der Waals surface area contributed by atoms with Crippen LogP contribution in [0.1, 0.15) is 86.6 Å². The highest BCUT2D eigenvalue weighted by molar-refractivity contribution is 5.85. The highest BCUT2D eigenvalue weighted by Crippen LogP contribution is 2.53. The average molecular weight is 613 g/mol. The Balaban J connectivity index is 1.58. The van der Waals surface area contributed by atoms with Crippen molar-refractivity contribution in [2.75, 3.05) is 7.11 Å². The second kappa shape index (κ2) is 13.2. The number of rotatable bonds is 10. The van der Waals surface area contributed by atoms with Crippen LogP contribution < -0.4 is 9.13 Å². The van der Waals surface area contributed by atoms with Crippen molar-refractivity contribution in [2.24, 2.45) is 5.92 Å². The summed E-state index contributed by atoms with van der Waals surface area (Å²) in [6, 6.07) is 33.6. The lowest BCUT2D eigenvalue weighted by Crippen LogP contribution is -2.60. The number of hydrogen-bond acceptors (Lipinski definition) is 2. The van der Waals surface area contributed by atoms with Crippen LogP contribution in [-0.4, -0.2) is 13.1 Å². The van der Waals surface area contributed by atoms with Crippen molar-refractivity contribution in [3.8, 4) is 22.4 Å². The van der Waals surface area contributed by atoms with Gasteiger partial charge in [-0.15, -0.1) is 0 Å². The first-order valence-electron chi connectivity index (χ1n) is 17.1. The van der Waals surface area contributed by atoms with Crippen molar-refractivity contribution in [3.05, 3.63) is 120 Å². The molecule has 0 aliphatic carbocycles. The zero-order chi connectivity index (χ0) is 32.4. The fourth-order valence-electron chi connectivity index (χ4n) is 8.39. The van der Waals surface area contributed by atoms with E-state index in [1.54, 1.807) is 0 Å². The minimum atomic E-state index is -0.305. The third-order valence-electron chi connectivity index (χ3n) is 10.6. The van der Waals surface area contributed by atoms with Gasteiger partial charge >= 0.3 is 5.97 Å². The summed E-state index contributed by atoms with van der Waals surface area (Å²) in [5, 5.41) is 1.27. The molecular formula is C42H48N2O2+2. The first-order valence-corrected chi connectivity index (χ1v) is 17.1. The average Bonchev–Trinajstić information content (AvgIpc) is 3.09. The Morgan fingerprint density at radius 2 is 1.65 bits per heavy atom. The zero-order valence-electron chi connectivity index (χ0n) is 28.3. The van der Waals surface area contributed by atoms with E-state index in [2.05, 4.69) is 117 Å². The van der Waals surface area contributed by atoms with E-state index in [1.165, 1.54) is 69.9 Å². The number of ether oxygens (including phenoxy) is 1. The molecular weight excluding hydrogens is 564 g/mol. The standard InChI is InChI=1S/C42H48N2O2/c1-7-10-15-31-19-21-32(22-20-31)33-23-24-36-35(27-33)40-29(4)26-34-16-11-12-17-37(34)44(40)39(8-2)42(36,9-3)30(5)28-43-25-14-13-18-38(43)41(45)46-6/h11-14,16-27,30,39H,7-10,15,28H2,1-6H3/q+2. The number of fused-ring (bicyclic) bond motifs is 5. The van der Waals surface area contributed by atoms with E-state index in [1.807, 2.05) is 24.4 Å². The van der Waals surface area contributed by atoms with Gasteiger partial charge in [-0.05, 0) is 72.7 Å². The summed E-state index contributed by atoms with van der Waals surface area (Å²) < 4.78 is 9.93. The molecule has 46 heavy (non-hydrogen) atoms. The van der Waals surface area contributed by atoms with E-state index in [0.29, 0.717) is 12.2 Å². The Bertz CT molecular complexity index is 1880. The normalized spacial score (nSPS) is 17.7. The van der Waals surface area contributed by atoms with Gasteiger partial charge in [0.2, 0.25) is 11.2 Å². The topological polar surface area (TPSA) is 34.1 Å². The number of para-hydroxylation sites is 1. The van der Waals surface area contributed by atoms with Crippen LogP contribution in [-0.2, 0) is 23.1 Å². The van der Waals surface area contributed by atoms with Crippen molar-refractivity contribution >= 4 is 16.9 Å². The van der Waals surface area contributed by atoms with Crippen molar-refractivity contribution in [1.29, 1.82) is 0 Å². The molecule has 0 spiro atoms. The van der Waals surface area contributed by atoms with E-state index in [0.717, 1.165) is 19.3 Å². The number of carbonyl (C=O) groups is 1. The molecule has 0 saturated carbocycles. The van der Waals surface area contributed by atoms with E-state index in [9.17, 15) is 4.79 Å². The van der Waals surface area contributed by atoms with Crippen LogP contribution in [0.4, 0.5) is 0 Å². The van der Waals surface area contributed by atoms with Crippen LogP contribution in [0.2, 0.25) is 0 Å². The lowest BCUT2D eigenvalue weighted by molar-refractivity contribution is -0.721. The summed E-state index contributed by atoms with van der Waals surface area (Å²) in [5.41, 5.74) is 10.9. The van der Waals surface area contributed by atoms with Gasteiger partial charge < -0.3 is 4.74 Å². The van der Waals surface area contributed by atoms with E-state index in [-0.39, 0.29) is 23.3 Å². The Kier molecular flexibility index (Phi) is 9.08. The number of carbonyl (C=O) groups excluding carboxylic acids is 1. The molecule has 6 rings (SSSR count). The molecule has 0 fully saturated rings. The Labute approximate surface area is 274 Å². The minimum Gasteiger partial charge on any atom is -0.461 e. The first kappa shape index (κ1) is 31.7. The maximum absolute atomic E-state index is 12.8. The Morgan fingerprint density at radius 1 is 0.913 bits per heavy atom. The number of unbranched alkanes of at least 4 members (excludes halogenated alkanes) is 1. The first-order chi connectivity index (χ1) is 22.4. The molecule has 0 bridgehead atoms. The molecule has 3 heterocycles. The van der Waals surface area contributed by atoms with Gasteiger partial charge in [0.15, 0.2) is 18.8 Å². The second-order valence-electron chi connectivity index (χ2n) is 13.1. The van der Waals surface area contributed by atoms with Gasteiger partial charge in [-0.1, -0.05) is 82.6 Å². The van der Waals surface area contributed by atoms with Crippen molar-refractivity contribution in [1.82, 2.24) is 0 Å². The zero-order valence-corrected chi connectivity index (χ0v) is 28.3. The summed E-state index contributed by atoms with van der Waals surface area (Å²) in [6.45, 7) is 12.3. The molecule has 3 unspecified atom stereocenters. The highest BCUT2D eigenvalue weighted by atomic mass is 16.5. The van der Waals surface area contributed by atoms with E-state index >= 15 is 0 Å². The number of aryl methyl sites for hydroxylation is 2. The van der Waals surface area contributed by atoms with Crippen LogP contribution in [0.5, 0.6) is 0 Å². The van der Waals surface area contributed by atoms with Gasteiger partial charge in [0.1, 0.15) is 0 Å². The highest BCUT2D eigenvalue weighted by Gasteiger charge is 2.55. The molecule has 0 amide bonds. The lowest BCUT2D eigenvalue weighted by atomic mass is 9.59. The Hall–Kier alpha value is -4.31. The number of pyridine rings is 2. The molecule has 3 atom stereocenters. The van der Waals surface area contributed by atoms with Gasteiger partial charge in [-0.3, -0.25) is 0 Å². The summed E-state index contributed by atoms with van der Waals surface area (Å²) in [6.07, 6.45) is 7.54. The molecule has 0 saturated heterocycles. The number of benzene rings is 3. The van der Waals surface area contributed by atoms with Crippen molar-refractivity contribution in [3.63, 3.8) is 0 Å². The molecule has 1 aliphatic heterocycles. The fraction of sp³-hybridized carbons (Fsp3) is 0.357. The third-order valence-corrected chi connectivity index (χ3v) is 10.6. The van der Waals surface area contributed by atoms with Crippen molar-refractivity contribution < 1.29 is 18.7 Å². The van der Waals surface area contributed by atoms with Gasteiger partial charge in [-0.25, -0.2) is 4.79 Å². The molecule has 3 aromatic carbocycles. The predicted octanol–water partition coefficient (Wildman–Crippen LogP) is 9.14. The molecule has 5 aromatic rings. The van der Waals surface area contributed by atoms with Crippen LogP contribution in [0.15, 0.2) is 97.2 Å². The largest absolute Gasteiger partial charge is 0.461 e. The second-order valence-corrected chi connectivity index (χ2v) is 13.1. The van der Waals surface area contributed by atoms with E-state index in [4.69, 9.17) is 4.74 Å². The molecule has 4 heteroatoms.